The van der Waals surface area contributed by atoms with Gasteiger partial charge in [0.2, 0.25) is 0 Å². The molecule has 2 aromatic rings. The van der Waals surface area contributed by atoms with Gasteiger partial charge in [0.1, 0.15) is 0 Å². The summed E-state index contributed by atoms with van der Waals surface area (Å²) in [7, 11) is 3.35. The summed E-state index contributed by atoms with van der Waals surface area (Å²) in [4.78, 5) is 25.5. The predicted molar refractivity (Wildman–Crippen MR) is 83.3 cm³/mol. The minimum Gasteiger partial charge on any atom is -0.319 e. The van der Waals surface area contributed by atoms with Crippen LogP contribution in [0.25, 0.3) is 0 Å². The lowest BCUT2D eigenvalue weighted by Crippen LogP contribution is -2.28. The van der Waals surface area contributed by atoms with Crippen molar-refractivity contribution in [1.29, 1.82) is 0 Å². The van der Waals surface area contributed by atoms with Gasteiger partial charge in [-0.2, -0.15) is 0 Å². The van der Waals surface area contributed by atoms with Gasteiger partial charge in [0.25, 0.3) is 11.5 Å². The number of hydrogen-bond acceptors (Lipinski definition) is 2. The molecule has 0 bridgehead atoms. The molecule has 0 aliphatic heterocycles. The Morgan fingerprint density at radius 1 is 1.25 bits per heavy atom. The van der Waals surface area contributed by atoms with Crippen molar-refractivity contribution in [3.05, 3.63) is 62.5 Å². The largest absolute Gasteiger partial charge is 0.319 e. The van der Waals surface area contributed by atoms with Crippen LogP contribution in [0.15, 0.2) is 45.8 Å². The van der Waals surface area contributed by atoms with Gasteiger partial charge in [0, 0.05) is 42.1 Å². The van der Waals surface area contributed by atoms with Gasteiger partial charge in [-0.05, 0) is 36.8 Å². The van der Waals surface area contributed by atoms with Crippen LogP contribution >= 0.6 is 15.9 Å². The van der Waals surface area contributed by atoms with Crippen LogP contribution < -0.4 is 10.5 Å². The highest BCUT2D eigenvalue weighted by Crippen LogP contribution is 2.23. The van der Waals surface area contributed by atoms with Crippen molar-refractivity contribution in [1.82, 2.24) is 4.57 Å². The number of hydrogen-bond donors (Lipinski definition) is 0. The summed E-state index contributed by atoms with van der Waals surface area (Å²) >= 11 is 3.43. The molecule has 104 valence electrons. The molecule has 1 aromatic heterocycles. The van der Waals surface area contributed by atoms with Gasteiger partial charge in [0.05, 0.1) is 0 Å². The van der Waals surface area contributed by atoms with Crippen LogP contribution in [0.4, 0.5) is 5.69 Å². The van der Waals surface area contributed by atoms with E-state index in [4.69, 9.17) is 0 Å². The van der Waals surface area contributed by atoms with Crippen molar-refractivity contribution in [2.75, 3.05) is 11.9 Å². The van der Waals surface area contributed by atoms with Gasteiger partial charge in [-0.25, -0.2) is 0 Å². The third-order valence-electron chi connectivity index (χ3n) is 3.18. The van der Waals surface area contributed by atoms with Crippen molar-refractivity contribution >= 4 is 27.5 Å². The van der Waals surface area contributed by atoms with E-state index in [9.17, 15) is 9.59 Å². The van der Waals surface area contributed by atoms with E-state index in [2.05, 4.69) is 15.9 Å². The Labute approximate surface area is 125 Å². The Morgan fingerprint density at radius 2 is 1.95 bits per heavy atom. The molecule has 0 N–H and O–H groups in total. The van der Waals surface area contributed by atoms with E-state index in [1.165, 1.54) is 15.5 Å². The second-order valence-electron chi connectivity index (χ2n) is 4.66. The van der Waals surface area contributed by atoms with Crippen LogP contribution in [0.3, 0.4) is 0 Å². The first kappa shape index (κ1) is 14.5. The number of carbonyl (C=O) groups is 1. The summed E-state index contributed by atoms with van der Waals surface area (Å²) in [6, 6.07) is 8.67. The third-order valence-corrected chi connectivity index (χ3v) is 4.07. The molecule has 0 spiro atoms. The summed E-state index contributed by atoms with van der Waals surface area (Å²) in [5.41, 5.74) is 2.02. The van der Waals surface area contributed by atoms with Gasteiger partial charge in [-0.3, -0.25) is 9.59 Å². The molecular formula is C15H15BrN2O2. The van der Waals surface area contributed by atoms with Crippen LogP contribution in [-0.4, -0.2) is 17.5 Å². The number of pyridine rings is 1. The van der Waals surface area contributed by atoms with Crippen molar-refractivity contribution in [3.63, 3.8) is 0 Å². The summed E-state index contributed by atoms with van der Waals surface area (Å²) in [6.45, 7) is 1.96. The van der Waals surface area contributed by atoms with Crippen LogP contribution in [0.1, 0.15) is 15.9 Å². The second kappa shape index (κ2) is 5.63. The second-order valence-corrected chi connectivity index (χ2v) is 5.52. The van der Waals surface area contributed by atoms with Crippen LogP contribution in [0, 0.1) is 6.92 Å². The van der Waals surface area contributed by atoms with Gasteiger partial charge >= 0.3 is 0 Å². The molecule has 1 aromatic carbocycles. The molecule has 0 aliphatic carbocycles. The Balaban J connectivity index is 2.34. The minimum atomic E-state index is -0.204. The first-order valence-corrected chi connectivity index (χ1v) is 6.90. The first-order valence-electron chi connectivity index (χ1n) is 6.11. The predicted octanol–water partition coefficient (Wildman–Crippen LogP) is 2.73. The minimum absolute atomic E-state index is 0.198. The zero-order valence-corrected chi connectivity index (χ0v) is 13.1. The lowest BCUT2D eigenvalue weighted by atomic mass is 10.2. The number of rotatable bonds is 2. The number of aryl methyl sites for hydroxylation is 2. The molecule has 20 heavy (non-hydrogen) atoms. The Hall–Kier alpha value is -1.88. The fourth-order valence-electron chi connectivity index (χ4n) is 1.83. The summed E-state index contributed by atoms with van der Waals surface area (Å²) in [6.07, 6.45) is 1.59. The maximum atomic E-state index is 12.4. The average molecular weight is 335 g/mol. The molecule has 1 heterocycles. The third kappa shape index (κ3) is 2.82. The Morgan fingerprint density at radius 3 is 2.55 bits per heavy atom. The molecular weight excluding hydrogens is 320 g/mol. The topological polar surface area (TPSA) is 42.3 Å². The maximum Gasteiger partial charge on any atom is 0.258 e. The highest BCUT2D eigenvalue weighted by Gasteiger charge is 2.14. The van der Waals surface area contributed by atoms with Crippen LogP contribution in [-0.2, 0) is 7.05 Å². The number of nitrogens with zero attached hydrogens (tertiary/aromatic N) is 2. The summed E-state index contributed by atoms with van der Waals surface area (Å²) in [5.74, 6) is -0.204. The maximum absolute atomic E-state index is 12.4. The molecule has 0 atom stereocenters. The molecule has 0 radical (unpaired) electrons. The van der Waals surface area contributed by atoms with E-state index < -0.39 is 0 Å². The van der Waals surface area contributed by atoms with E-state index in [-0.39, 0.29) is 11.5 Å². The lowest BCUT2D eigenvalue weighted by molar-refractivity contribution is 0.0992. The molecule has 2 rings (SSSR count). The van der Waals surface area contributed by atoms with Crippen LogP contribution in [0.5, 0.6) is 0 Å². The highest BCUT2D eigenvalue weighted by molar-refractivity contribution is 9.10. The molecule has 4 nitrogen and oxygen atoms in total. The Bertz CT molecular complexity index is 722. The normalized spacial score (nSPS) is 10.4. The number of amides is 1. The van der Waals surface area contributed by atoms with Crippen molar-refractivity contribution in [2.24, 2.45) is 7.05 Å². The van der Waals surface area contributed by atoms with Gasteiger partial charge in [-0.15, -0.1) is 0 Å². The number of anilines is 1. The number of benzene rings is 1. The summed E-state index contributed by atoms with van der Waals surface area (Å²) in [5, 5.41) is 0. The number of halogens is 1. The molecule has 0 fully saturated rings. The van der Waals surface area contributed by atoms with E-state index >= 15 is 0 Å². The van der Waals surface area contributed by atoms with Gasteiger partial charge in [0.15, 0.2) is 0 Å². The first-order chi connectivity index (χ1) is 9.40. The molecule has 0 aliphatic rings. The van der Waals surface area contributed by atoms with Crippen molar-refractivity contribution < 1.29 is 4.79 Å². The lowest BCUT2D eigenvalue weighted by Gasteiger charge is -2.18. The average Bonchev–Trinajstić information content (AvgIpc) is 2.43. The van der Waals surface area contributed by atoms with Crippen LogP contribution in [0.2, 0.25) is 0 Å². The van der Waals surface area contributed by atoms with Crippen molar-refractivity contribution in [2.45, 2.75) is 6.92 Å². The Kier molecular flexibility index (Phi) is 4.09. The molecule has 0 saturated heterocycles. The monoisotopic (exact) mass is 334 g/mol. The quantitative estimate of drug-likeness (QED) is 0.847. The van der Waals surface area contributed by atoms with Crippen molar-refractivity contribution in [3.8, 4) is 0 Å². The molecule has 1 amide bonds. The van der Waals surface area contributed by atoms with E-state index in [1.807, 2.05) is 25.1 Å². The van der Waals surface area contributed by atoms with E-state index in [0.717, 1.165) is 15.7 Å². The smallest absolute Gasteiger partial charge is 0.258 e. The number of carbonyl (C=O) groups excluding carboxylic acids is 1. The molecule has 0 saturated carbocycles. The van der Waals surface area contributed by atoms with Gasteiger partial charge in [-0.1, -0.05) is 15.9 Å². The number of aromatic nitrogens is 1. The molecule has 5 heteroatoms. The zero-order chi connectivity index (χ0) is 14.9. The molecule has 0 unspecified atom stereocenters. The van der Waals surface area contributed by atoms with Gasteiger partial charge < -0.3 is 9.47 Å². The van der Waals surface area contributed by atoms with E-state index in [1.54, 1.807) is 26.4 Å². The SMILES string of the molecule is Cc1cc(N(C)C(=O)c2ccn(C)c(=O)c2)ccc1Br. The fraction of sp³-hybridized carbons (Fsp3) is 0.200. The highest BCUT2D eigenvalue weighted by atomic mass is 79.9. The summed E-state index contributed by atoms with van der Waals surface area (Å²) < 4.78 is 2.43. The zero-order valence-electron chi connectivity index (χ0n) is 11.6. The standard InChI is InChI=1S/C15H15BrN2O2/c1-10-8-12(4-5-13(10)16)18(3)15(20)11-6-7-17(2)14(19)9-11/h4-9H,1-3H3. The fourth-order valence-corrected chi connectivity index (χ4v) is 2.08. The van der Waals surface area contributed by atoms with E-state index in [0.29, 0.717) is 5.56 Å².